The lowest BCUT2D eigenvalue weighted by Crippen LogP contribution is -2.37. The second-order valence-electron chi connectivity index (χ2n) is 6.11. The molecule has 132 valence electrons. The van der Waals surface area contributed by atoms with E-state index in [9.17, 15) is 5.11 Å². The number of hydrogen-bond donors (Lipinski definition) is 1. The van der Waals surface area contributed by atoms with Gasteiger partial charge in [0.15, 0.2) is 0 Å². The largest absolute Gasteiger partial charge is 0.378 e. The van der Waals surface area contributed by atoms with Gasteiger partial charge in [-0.25, -0.2) is 9.97 Å². The van der Waals surface area contributed by atoms with Gasteiger partial charge in [-0.2, -0.15) is 0 Å². The number of nitrogens with zero attached hydrogens (tertiary/aromatic N) is 5. The lowest BCUT2D eigenvalue weighted by atomic mass is 9.73. The number of hydrogen-bond acceptors (Lipinski definition) is 6. The predicted octanol–water partition coefficient (Wildman–Crippen LogP) is 2.73. The Morgan fingerprint density at radius 1 is 0.704 bits per heavy atom. The Morgan fingerprint density at radius 3 is 1.81 bits per heavy atom. The van der Waals surface area contributed by atoms with E-state index in [1.807, 2.05) is 30.3 Å². The predicted molar refractivity (Wildman–Crippen MR) is 99.6 cm³/mol. The van der Waals surface area contributed by atoms with Crippen LogP contribution in [0.25, 0.3) is 0 Å². The molecule has 4 heterocycles. The molecule has 4 rings (SSSR count). The minimum atomic E-state index is -1.48. The molecule has 1 unspecified atom stereocenters. The maximum absolute atomic E-state index is 12.1. The zero-order valence-corrected chi connectivity index (χ0v) is 14.4. The van der Waals surface area contributed by atoms with Crippen LogP contribution >= 0.6 is 0 Å². The molecule has 6 nitrogen and oxygen atoms in total. The first-order chi connectivity index (χ1) is 13.3. The zero-order chi connectivity index (χ0) is 18.5. The van der Waals surface area contributed by atoms with Crippen molar-refractivity contribution in [2.45, 2.75) is 11.5 Å². The first-order valence-electron chi connectivity index (χ1n) is 8.49. The second kappa shape index (κ2) is 7.39. The van der Waals surface area contributed by atoms with Crippen molar-refractivity contribution in [2.24, 2.45) is 0 Å². The second-order valence-corrected chi connectivity index (χ2v) is 6.11. The molecule has 4 aromatic heterocycles. The van der Waals surface area contributed by atoms with Crippen molar-refractivity contribution in [2.75, 3.05) is 0 Å². The number of rotatable bonds is 5. The normalized spacial score (nSPS) is 13.3. The summed E-state index contributed by atoms with van der Waals surface area (Å²) in [6.07, 6.45) is 13.3. The average Bonchev–Trinajstić information content (AvgIpc) is 2.76. The summed E-state index contributed by atoms with van der Waals surface area (Å²) >= 11 is 0. The van der Waals surface area contributed by atoms with E-state index >= 15 is 0 Å². The van der Waals surface area contributed by atoms with E-state index < -0.39 is 11.5 Å². The van der Waals surface area contributed by atoms with Gasteiger partial charge in [0.1, 0.15) is 11.9 Å². The van der Waals surface area contributed by atoms with Gasteiger partial charge >= 0.3 is 0 Å². The summed E-state index contributed by atoms with van der Waals surface area (Å²) in [6.45, 7) is 0. The van der Waals surface area contributed by atoms with Gasteiger partial charge in [0, 0.05) is 48.9 Å². The maximum Gasteiger partial charge on any atom is 0.144 e. The molecule has 0 aliphatic heterocycles. The van der Waals surface area contributed by atoms with Gasteiger partial charge in [0.05, 0.1) is 11.6 Å². The van der Waals surface area contributed by atoms with Crippen LogP contribution in [0.2, 0.25) is 0 Å². The Morgan fingerprint density at radius 2 is 1.33 bits per heavy atom. The van der Waals surface area contributed by atoms with Crippen LogP contribution in [0.1, 0.15) is 28.3 Å². The summed E-state index contributed by atoms with van der Waals surface area (Å²) < 4.78 is 0. The molecule has 0 spiro atoms. The van der Waals surface area contributed by atoms with Crippen molar-refractivity contribution in [3.05, 3.63) is 115 Å². The third kappa shape index (κ3) is 3.18. The number of aromatic nitrogens is 5. The average molecular weight is 355 g/mol. The molecule has 0 aromatic carbocycles. The van der Waals surface area contributed by atoms with Crippen LogP contribution in [-0.2, 0) is 5.60 Å². The third-order valence-corrected chi connectivity index (χ3v) is 4.53. The molecule has 27 heavy (non-hydrogen) atoms. The van der Waals surface area contributed by atoms with Crippen LogP contribution in [-0.4, -0.2) is 30.0 Å². The van der Waals surface area contributed by atoms with Crippen molar-refractivity contribution in [3.63, 3.8) is 0 Å². The highest BCUT2D eigenvalue weighted by molar-refractivity contribution is 5.43. The summed E-state index contributed by atoms with van der Waals surface area (Å²) in [7, 11) is 0. The maximum atomic E-state index is 12.1. The van der Waals surface area contributed by atoms with Crippen LogP contribution in [0, 0.1) is 0 Å². The summed E-state index contributed by atoms with van der Waals surface area (Å²) in [6, 6.07) is 12.9. The van der Waals surface area contributed by atoms with E-state index in [1.54, 1.807) is 55.5 Å². The number of pyridine rings is 3. The lowest BCUT2D eigenvalue weighted by Gasteiger charge is -2.36. The molecular formula is C21H17N5O. The van der Waals surface area contributed by atoms with Crippen molar-refractivity contribution >= 4 is 0 Å². The van der Waals surface area contributed by atoms with Crippen LogP contribution in [0.3, 0.4) is 0 Å². The Kier molecular flexibility index (Phi) is 4.63. The zero-order valence-electron chi connectivity index (χ0n) is 14.4. The van der Waals surface area contributed by atoms with E-state index in [1.165, 1.54) is 6.33 Å². The molecule has 1 N–H and O–H groups in total. The van der Waals surface area contributed by atoms with Gasteiger partial charge in [-0.3, -0.25) is 15.0 Å². The Balaban J connectivity index is 2.01. The van der Waals surface area contributed by atoms with E-state index in [0.717, 1.165) is 11.1 Å². The van der Waals surface area contributed by atoms with Crippen LogP contribution in [0.15, 0.2) is 92.2 Å². The molecule has 0 amide bonds. The van der Waals surface area contributed by atoms with Crippen molar-refractivity contribution in [1.82, 2.24) is 24.9 Å². The first-order valence-corrected chi connectivity index (χ1v) is 8.49. The van der Waals surface area contributed by atoms with E-state index in [-0.39, 0.29) is 0 Å². The summed E-state index contributed by atoms with van der Waals surface area (Å²) in [5, 5.41) is 12.1. The molecule has 1 atom stereocenters. The minimum Gasteiger partial charge on any atom is -0.378 e. The monoisotopic (exact) mass is 355 g/mol. The van der Waals surface area contributed by atoms with Gasteiger partial charge in [0.2, 0.25) is 0 Å². The molecular weight excluding hydrogens is 338 g/mol. The third-order valence-electron chi connectivity index (χ3n) is 4.53. The highest BCUT2D eigenvalue weighted by atomic mass is 16.3. The molecule has 0 fully saturated rings. The Bertz CT molecular complexity index is 903. The van der Waals surface area contributed by atoms with Crippen LogP contribution in [0.4, 0.5) is 0 Å². The van der Waals surface area contributed by atoms with E-state index in [4.69, 9.17) is 0 Å². The fourth-order valence-electron chi connectivity index (χ4n) is 3.34. The summed E-state index contributed by atoms with van der Waals surface area (Å²) in [5.74, 6) is -0.487. The highest BCUT2D eigenvalue weighted by Gasteiger charge is 2.44. The summed E-state index contributed by atoms with van der Waals surface area (Å²) in [4.78, 5) is 21.1. The van der Waals surface area contributed by atoms with Crippen molar-refractivity contribution in [1.29, 1.82) is 0 Å². The van der Waals surface area contributed by atoms with Crippen molar-refractivity contribution < 1.29 is 5.11 Å². The van der Waals surface area contributed by atoms with Gasteiger partial charge in [-0.1, -0.05) is 18.2 Å². The molecule has 4 aromatic rings. The SMILES string of the molecule is OC(c1cccnc1)(c1ccncn1)C(c1cccnc1)c1cccnc1. The smallest absolute Gasteiger partial charge is 0.144 e. The number of aliphatic hydroxyl groups is 1. The molecule has 0 bridgehead atoms. The highest BCUT2D eigenvalue weighted by Crippen LogP contribution is 2.44. The van der Waals surface area contributed by atoms with Crippen LogP contribution in [0.5, 0.6) is 0 Å². The first kappa shape index (κ1) is 16.9. The molecule has 0 aliphatic carbocycles. The molecule has 6 heteroatoms. The summed E-state index contributed by atoms with van der Waals surface area (Å²) in [5.41, 5.74) is 1.30. The fraction of sp³-hybridized carbons (Fsp3) is 0.0952. The van der Waals surface area contributed by atoms with E-state index in [2.05, 4.69) is 24.9 Å². The minimum absolute atomic E-state index is 0.475. The van der Waals surface area contributed by atoms with Crippen LogP contribution < -0.4 is 0 Å². The van der Waals surface area contributed by atoms with Gasteiger partial charge in [-0.15, -0.1) is 0 Å². The lowest BCUT2D eigenvalue weighted by molar-refractivity contribution is 0.0573. The van der Waals surface area contributed by atoms with E-state index in [0.29, 0.717) is 11.3 Å². The quantitative estimate of drug-likeness (QED) is 0.592. The van der Waals surface area contributed by atoms with Gasteiger partial charge in [-0.05, 0) is 35.4 Å². The molecule has 0 saturated carbocycles. The topological polar surface area (TPSA) is 84.7 Å². The van der Waals surface area contributed by atoms with Gasteiger partial charge < -0.3 is 5.11 Å². The Labute approximate surface area is 156 Å². The molecule has 0 aliphatic rings. The molecule has 0 radical (unpaired) electrons. The van der Waals surface area contributed by atoms with Crippen molar-refractivity contribution in [3.8, 4) is 0 Å². The molecule has 0 saturated heterocycles. The Hall–Kier alpha value is -3.51. The fourth-order valence-corrected chi connectivity index (χ4v) is 3.34. The van der Waals surface area contributed by atoms with Gasteiger partial charge in [0.25, 0.3) is 0 Å². The standard InChI is InChI=1S/C21H17N5O/c27-21(18-6-3-10-24-14-18,19-7-11-25-15-26-19)20(16-4-1-8-22-12-16)17-5-2-9-23-13-17/h1-15,20,27H.